The standard InChI is InChI=1S/C28H35N3O5S/c1-20(2)31(28(33)29-22-9-11-23(34-3)12-10-22)19-27(32)30(18-24-7-6-16-37-24)15-14-21-8-13-25(35-4)26(17-21)36-5/h6-13,16-17,20H,14-15,18-19H2,1-5H3,(H,29,33). The number of carbonyl (C=O) groups excluding carboxylic acids is 2. The first kappa shape index (κ1) is 27.9. The van der Waals surface area contributed by atoms with Gasteiger partial charge in [-0.25, -0.2) is 4.79 Å². The Morgan fingerprint density at radius 2 is 1.68 bits per heavy atom. The van der Waals surface area contributed by atoms with Gasteiger partial charge in [0.25, 0.3) is 0 Å². The highest BCUT2D eigenvalue weighted by molar-refractivity contribution is 7.09. The van der Waals surface area contributed by atoms with Crippen LogP contribution in [-0.2, 0) is 17.8 Å². The highest BCUT2D eigenvalue weighted by Gasteiger charge is 2.24. The molecule has 3 rings (SSSR count). The maximum atomic E-state index is 13.5. The average Bonchev–Trinajstić information content (AvgIpc) is 3.42. The van der Waals surface area contributed by atoms with Gasteiger partial charge in [-0.1, -0.05) is 12.1 Å². The number of rotatable bonds is 12. The smallest absolute Gasteiger partial charge is 0.322 e. The van der Waals surface area contributed by atoms with E-state index in [9.17, 15) is 9.59 Å². The van der Waals surface area contributed by atoms with Crippen LogP contribution in [0.5, 0.6) is 17.2 Å². The highest BCUT2D eigenvalue weighted by atomic mass is 32.1. The van der Waals surface area contributed by atoms with Crippen LogP contribution < -0.4 is 19.5 Å². The molecule has 0 fully saturated rings. The van der Waals surface area contributed by atoms with Crippen molar-refractivity contribution in [2.45, 2.75) is 32.9 Å². The number of benzene rings is 2. The Morgan fingerprint density at radius 3 is 2.27 bits per heavy atom. The minimum atomic E-state index is -0.329. The van der Waals surface area contributed by atoms with E-state index in [1.807, 2.05) is 49.6 Å². The number of methoxy groups -OCH3 is 3. The third-order valence-electron chi connectivity index (χ3n) is 5.93. The van der Waals surface area contributed by atoms with E-state index in [4.69, 9.17) is 14.2 Å². The quantitative estimate of drug-likeness (QED) is 0.348. The summed E-state index contributed by atoms with van der Waals surface area (Å²) < 4.78 is 15.9. The average molecular weight is 526 g/mol. The van der Waals surface area contributed by atoms with Gasteiger partial charge in [-0.3, -0.25) is 4.79 Å². The molecule has 0 saturated heterocycles. The lowest BCUT2D eigenvalue weighted by atomic mass is 10.1. The number of carbonyl (C=O) groups is 2. The molecule has 0 aliphatic rings. The summed E-state index contributed by atoms with van der Waals surface area (Å²) in [4.78, 5) is 31.0. The molecular weight excluding hydrogens is 490 g/mol. The molecule has 9 heteroatoms. The van der Waals surface area contributed by atoms with Gasteiger partial charge in [0.05, 0.1) is 27.9 Å². The molecule has 0 radical (unpaired) electrons. The topological polar surface area (TPSA) is 80.3 Å². The molecule has 8 nitrogen and oxygen atoms in total. The molecule has 0 saturated carbocycles. The van der Waals surface area contributed by atoms with Crippen LogP contribution >= 0.6 is 11.3 Å². The summed E-state index contributed by atoms with van der Waals surface area (Å²) >= 11 is 1.60. The van der Waals surface area contributed by atoms with Crippen LogP contribution in [0.1, 0.15) is 24.3 Å². The zero-order valence-corrected chi connectivity index (χ0v) is 22.8. The monoisotopic (exact) mass is 525 g/mol. The van der Waals surface area contributed by atoms with E-state index in [0.29, 0.717) is 42.4 Å². The van der Waals surface area contributed by atoms with Gasteiger partial charge in [0.15, 0.2) is 11.5 Å². The molecule has 1 aromatic heterocycles. The Hall–Kier alpha value is -3.72. The fourth-order valence-electron chi connectivity index (χ4n) is 3.79. The summed E-state index contributed by atoms with van der Waals surface area (Å²) in [5.74, 6) is 1.89. The van der Waals surface area contributed by atoms with Crippen LogP contribution in [0.3, 0.4) is 0 Å². The molecule has 0 spiro atoms. The van der Waals surface area contributed by atoms with E-state index in [-0.39, 0.29) is 24.5 Å². The predicted molar refractivity (Wildman–Crippen MR) is 147 cm³/mol. The van der Waals surface area contributed by atoms with Gasteiger partial charge in [0.1, 0.15) is 12.3 Å². The second kappa shape index (κ2) is 13.5. The third-order valence-corrected chi connectivity index (χ3v) is 6.79. The molecule has 1 heterocycles. The minimum absolute atomic E-state index is 0.0308. The summed E-state index contributed by atoms with van der Waals surface area (Å²) in [5, 5.41) is 4.88. The van der Waals surface area contributed by atoms with E-state index in [2.05, 4.69) is 5.32 Å². The Bertz CT molecular complexity index is 1150. The summed E-state index contributed by atoms with van der Waals surface area (Å²) in [7, 11) is 4.79. The fourth-order valence-corrected chi connectivity index (χ4v) is 4.51. The number of hydrogen-bond donors (Lipinski definition) is 1. The zero-order chi connectivity index (χ0) is 26.8. The van der Waals surface area contributed by atoms with E-state index in [1.165, 1.54) is 0 Å². The Kier molecular flexibility index (Phi) is 10.2. The van der Waals surface area contributed by atoms with Gasteiger partial charge in [0, 0.05) is 23.2 Å². The third kappa shape index (κ3) is 7.88. The van der Waals surface area contributed by atoms with Gasteiger partial charge in [0.2, 0.25) is 5.91 Å². The molecule has 2 aromatic carbocycles. The predicted octanol–water partition coefficient (Wildman–Crippen LogP) is 5.29. The van der Waals surface area contributed by atoms with Crippen LogP contribution in [0.15, 0.2) is 60.0 Å². The van der Waals surface area contributed by atoms with Crippen LogP contribution in [0.2, 0.25) is 0 Å². The molecule has 0 aliphatic carbocycles. The van der Waals surface area contributed by atoms with Crippen LogP contribution in [0.25, 0.3) is 0 Å². The molecule has 0 atom stereocenters. The van der Waals surface area contributed by atoms with Crippen molar-refractivity contribution in [3.05, 3.63) is 70.4 Å². The number of amides is 3. The highest BCUT2D eigenvalue weighted by Crippen LogP contribution is 2.28. The number of urea groups is 1. The molecule has 37 heavy (non-hydrogen) atoms. The summed E-state index contributed by atoms with van der Waals surface area (Å²) in [6, 6.07) is 16.3. The lowest BCUT2D eigenvalue weighted by Gasteiger charge is -2.30. The summed E-state index contributed by atoms with van der Waals surface area (Å²) in [6.07, 6.45) is 0.636. The van der Waals surface area contributed by atoms with Gasteiger partial charge in [-0.2, -0.15) is 0 Å². The van der Waals surface area contributed by atoms with Crippen LogP contribution in [-0.4, -0.2) is 62.2 Å². The lowest BCUT2D eigenvalue weighted by molar-refractivity contribution is -0.132. The van der Waals surface area contributed by atoms with Gasteiger partial charge >= 0.3 is 6.03 Å². The SMILES string of the molecule is COc1ccc(NC(=O)N(CC(=O)N(CCc2ccc(OC)c(OC)c2)Cc2cccs2)C(C)C)cc1. The lowest BCUT2D eigenvalue weighted by Crippen LogP contribution is -2.47. The molecular formula is C28H35N3O5S. The maximum Gasteiger partial charge on any atom is 0.322 e. The number of ether oxygens (including phenoxy) is 3. The molecule has 1 N–H and O–H groups in total. The van der Waals surface area contributed by atoms with Gasteiger partial charge in [-0.15, -0.1) is 11.3 Å². The van der Waals surface area contributed by atoms with Crippen molar-refractivity contribution in [1.29, 1.82) is 0 Å². The van der Waals surface area contributed by atoms with E-state index < -0.39 is 0 Å². The van der Waals surface area contributed by atoms with Crippen LogP contribution in [0, 0.1) is 0 Å². The first-order chi connectivity index (χ1) is 17.8. The summed E-state index contributed by atoms with van der Waals surface area (Å²) in [5.41, 5.74) is 1.66. The Balaban J connectivity index is 1.72. The van der Waals surface area contributed by atoms with Gasteiger partial charge in [-0.05, 0) is 73.7 Å². The number of nitrogens with one attached hydrogen (secondary N) is 1. The van der Waals surface area contributed by atoms with E-state index in [0.717, 1.165) is 10.4 Å². The van der Waals surface area contributed by atoms with E-state index in [1.54, 1.807) is 66.7 Å². The van der Waals surface area contributed by atoms with Gasteiger partial charge < -0.3 is 29.3 Å². The first-order valence-corrected chi connectivity index (χ1v) is 12.9. The van der Waals surface area contributed by atoms with Crippen LogP contribution in [0.4, 0.5) is 10.5 Å². The minimum Gasteiger partial charge on any atom is -0.497 e. The molecule has 198 valence electrons. The Labute approximate surface area is 222 Å². The van der Waals surface area contributed by atoms with Crippen molar-refractivity contribution >= 4 is 29.0 Å². The summed E-state index contributed by atoms with van der Waals surface area (Å²) in [6.45, 7) is 4.74. The van der Waals surface area contributed by atoms with Crippen molar-refractivity contribution in [2.75, 3.05) is 39.7 Å². The Morgan fingerprint density at radius 1 is 0.946 bits per heavy atom. The number of anilines is 1. The van der Waals surface area contributed by atoms with E-state index >= 15 is 0 Å². The number of nitrogens with zero attached hydrogens (tertiary/aromatic N) is 2. The van der Waals surface area contributed by atoms with Crippen molar-refractivity contribution in [3.63, 3.8) is 0 Å². The molecule has 3 aromatic rings. The maximum absolute atomic E-state index is 13.5. The molecule has 3 amide bonds. The zero-order valence-electron chi connectivity index (χ0n) is 22.0. The van der Waals surface area contributed by atoms with Crippen molar-refractivity contribution < 1.29 is 23.8 Å². The number of thiophene rings is 1. The molecule has 0 bridgehead atoms. The first-order valence-electron chi connectivity index (χ1n) is 12.1. The second-order valence-corrected chi connectivity index (χ2v) is 9.75. The van der Waals surface area contributed by atoms with Crippen molar-refractivity contribution in [1.82, 2.24) is 9.80 Å². The normalized spacial score (nSPS) is 10.6. The second-order valence-electron chi connectivity index (χ2n) is 8.71. The van der Waals surface area contributed by atoms with Crippen molar-refractivity contribution in [3.8, 4) is 17.2 Å². The molecule has 0 aliphatic heterocycles. The van der Waals surface area contributed by atoms with Crippen molar-refractivity contribution in [2.24, 2.45) is 0 Å². The largest absolute Gasteiger partial charge is 0.497 e. The number of hydrogen-bond acceptors (Lipinski definition) is 6. The fraction of sp³-hybridized carbons (Fsp3) is 0.357. The molecule has 0 unspecified atom stereocenters.